The van der Waals surface area contributed by atoms with E-state index in [1.165, 1.54) is 11.8 Å². The van der Waals surface area contributed by atoms with Crippen LogP contribution in [0.3, 0.4) is 0 Å². The third kappa shape index (κ3) is 1.27. The van der Waals surface area contributed by atoms with Crippen molar-refractivity contribution >= 4 is 17.7 Å². The van der Waals surface area contributed by atoms with E-state index in [4.69, 9.17) is 7.85 Å². The summed E-state index contributed by atoms with van der Waals surface area (Å²) in [6.07, 6.45) is 0. The van der Waals surface area contributed by atoms with Crippen molar-refractivity contribution in [3.05, 3.63) is 0 Å². The Kier molecular flexibility index (Phi) is 1.32. The number of hydrogen-bond donors (Lipinski definition) is 2. The van der Waals surface area contributed by atoms with E-state index in [1.54, 1.807) is 0 Å². The van der Waals surface area contributed by atoms with Crippen molar-refractivity contribution in [2.75, 3.05) is 5.88 Å². The summed E-state index contributed by atoms with van der Waals surface area (Å²) in [4.78, 5) is 10.7. The molecule has 0 aliphatic carbocycles. The molecular weight excluding hydrogens is 150 g/mol. The second kappa shape index (κ2) is 2.43. The summed E-state index contributed by atoms with van der Waals surface area (Å²) in [5, 5.41) is 11.5. The number of rotatable bonds is 1. The lowest BCUT2D eigenvalue weighted by molar-refractivity contribution is -0.139. The van der Waals surface area contributed by atoms with Gasteiger partial charge in [-0.3, -0.25) is 10.1 Å². The fourth-order valence-corrected chi connectivity index (χ4v) is 1.74. The Morgan fingerprint density at radius 2 is 2.70 bits per heavy atom. The van der Waals surface area contributed by atoms with E-state index in [-0.39, 0.29) is 13.8 Å². The fraction of sp³-hybridized carbons (Fsp3) is 0.833. The van der Waals surface area contributed by atoms with Crippen molar-refractivity contribution in [3.63, 3.8) is 0 Å². The van der Waals surface area contributed by atoms with Gasteiger partial charge in [0.2, 0.25) is 0 Å². The van der Waals surface area contributed by atoms with Crippen LogP contribution in [0.1, 0.15) is 16.5 Å². The number of carbonyl (C=O) groups is 1. The SMILES string of the molecule is [2H]CC1(C[2H])SCNC1C(=O)O. The molecule has 0 saturated carbocycles. The predicted octanol–water partition coefficient (Wildman–Crippen LogP) is 0.512. The topological polar surface area (TPSA) is 49.3 Å². The van der Waals surface area contributed by atoms with E-state index in [9.17, 15) is 4.79 Å². The largest absolute Gasteiger partial charge is 0.480 e. The average Bonchev–Trinajstić information content (AvgIpc) is 2.48. The van der Waals surface area contributed by atoms with Crippen molar-refractivity contribution in [2.24, 2.45) is 0 Å². The molecule has 1 aliphatic heterocycles. The highest BCUT2D eigenvalue weighted by Gasteiger charge is 2.39. The molecule has 1 atom stereocenters. The van der Waals surface area contributed by atoms with Crippen LogP contribution in [0.5, 0.6) is 0 Å². The first kappa shape index (κ1) is 5.43. The maximum Gasteiger partial charge on any atom is 0.322 e. The maximum absolute atomic E-state index is 10.7. The first-order valence-corrected chi connectivity index (χ1v) is 3.83. The van der Waals surface area contributed by atoms with Gasteiger partial charge in [-0.2, -0.15) is 0 Å². The van der Waals surface area contributed by atoms with Gasteiger partial charge in [-0.25, -0.2) is 0 Å². The van der Waals surface area contributed by atoms with Crippen molar-refractivity contribution in [1.29, 1.82) is 0 Å². The van der Waals surface area contributed by atoms with Gasteiger partial charge in [0, 0.05) is 13.4 Å². The second-order valence-electron chi connectivity index (χ2n) is 2.33. The van der Waals surface area contributed by atoms with Crippen LogP contribution in [0, 0.1) is 0 Å². The summed E-state index contributed by atoms with van der Waals surface area (Å²) in [5.74, 6) is -0.436. The fourth-order valence-electron chi connectivity index (χ4n) is 0.850. The lowest BCUT2D eigenvalue weighted by atomic mass is 10.0. The third-order valence-electron chi connectivity index (χ3n) is 1.42. The molecule has 1 aliphatic rings. The molecule has 1 unspecified atom stereocenters. The molecule has 10 heavy (non-hydrogen) atoms. The standard InChI is InChI=1S/C6H11NO2S/c1-6(2)4(5(8)9)7-3-10-6/h4,7H,3H2,1-2H3,(H,8,9)/i1D,2D. The molecule has 2 N–H and O–H groups in total. The van der Waals surface area contributed by atoms with Crippen LogP contribution in [0.25, 0.3) is 0 Å². The molecule has 0 aromatic heterocycles. The Morgan fingerprint density at radius 1 is 2.00 bits per heavy atom. The van der Waals surface area contributed by atoms with Crippen LogP contribution in [-0.2, 0) is 4.79 Å². The summed E-state index contributed by atoms with van der Waals surface area (Å²) in [7, 11) is 0. The smallest absolute Gasteiger partial charge is 0.322 e. The molecule has 0 radical (unpaired) electrons. The Labute approximate surface area is 67.0 Å². The monoisotopic (exact) mass is 163 g/mol. The molecule has 1 rings (SSSR count). The summed E-state index contributed by atoms with van der Waals surface area (Å²) >= 11 is 1.36. The minimum atomic E-state index is -0.959. The number of nitrogens with one attached hydrogen (secondary N) is 1. The Bertz CT molecular complexity index is 186. The first-order chi connectivity index (χ1) is 5.66. The first-order valence-electron chi connectivity index (χ1n) is 4.26. The van der Waals surface area contributed by atoms with Crippen LogP contribution in [0.15, 0.2) is 0 Å². The summed E-state index contributed by atoms with van der Waals surface area (Å²) < 4.78 is 13.7. The minimum absolute atomic E-state index is 0.0227. The predicted molar refractivity (Wildman–Crippen MR) is 41.1 cm³/mol. The van der Waals surface area contributed by atoms with E-state index in [1.807, 2.05) is 0 Å². The highest BCUT2D eigenvalue weighted by Crippen LogP contribution is 2.32. The molecule has 1 fully saturated rings. The second-order valence-corrected chi connectivity index (χ2v) is 3.72. The van der Waals surface area contributed by atoms with E-state index >= 15 is 0 Å². The van der Waals surface area contributed by atoms with E-state index in [2.05, 4.69) is 5.32 Å². The summed E-state index contributed by atoms with van der Waals surface area (Å²) in [5.41, 5.74) is 0. The van der Waals surface area contributed by atoms with Crippen LogP contribution in [-0.4, -0.2) is 27.7 Å². The quantitative estimate of drug-likeness (QED) is 0.591. The van der Waals surface area contributed by atoms with Crippen molar-refractivity contribution in [2.45, 2.75) is 24.6 Å². The molecule has 0 spiro atoms. The average molecular weight is 163 g/mol. The number of thioether (sulfide) groups is 1. The maximum atomic E-state index is 10.7. The highest BCUT2D eigenvalue weighted by atomic mass is 32.2. The van der Waals surface area contributed by atoms with Crippen LogP contribution in [0.4, 0.5) is 0 Å². The van der Waals surface area contributed by atoms with Crippen LogP contribution in [0.2, 0.25) is 0 Å². The Balaban J connectivity index is 2.78. The molecule has 1 saturated heterocycles. The zero-order chi connectivity index (χ0) is 9.19. The number of aliphatic carboxylic acids is 1. The summed E-state index contributed by atoms with van der Waals surface area (Å²) in [6, 6.07) is -0.738. The van der Waals surface area contributed by atoms with Gasteiger partial charge < -0.3 is 5.11 Å². The van der Waals surface area contributed by atoms with Crippen LogP contribution >= 0.6 is 11.8 Å². The molecule has 0 bridgehead atoms. The minimum Gasteiger partial charge on any atom is -0.480 e. The van der Waals surface area contributed by atoms with E-state index in [0.717, 1.165) is 0 Å². The van der Waals surface area contributed by atoms with Gasteiger partial charge in [-0.15, -0.1) is 11.8 Å². The van der Waals surface area contributed by atoms with E-state index in [0.29, 0.717) is 5.88 Å². The lowest BCUT2D eigenvalue weighted by Crippen LogP contribution is -2.43. The van der Waals surface area contributed by atoms with Gasteiger partial charge in [0.25, 0.3) is 0 Å². The van der Waals surface area contributed by atoms with Gasteiger partial charge >= 0.3 is 5.97 Å². The molecule has 58 valence electrons. The third-order valence-corrected chi connectivity index (χ3v) is 2.54. The number of carboxylic acid groups (broad SMARTS) is 1. The number of carboxylic acids is 1. The lowest BCUT2D eigenvalue weighted by Gasteiger charge is -2.20. The summed E-state index contributed by atoms with van der Waals surface area (Å²) in [6.45, 7) is -0.0454. The highest BCUT2D eigenvalue weighted by molar-refractivity contribution is 8.00. The number of hydrogen-bond acceptors (Lipinski definition) is 3. The molecule has 4 heteroatoms. The van der Waals surface area contributed by atoms with Crippen molar-refractivity contribution in [3.8, 4) is 0 Å². The van der Waals surface area contributed by atoms with Gasteiger partial charge in [-0.05, 0) is 13.8 Å². The molecular formula is C6H11NO2S. The van der Waals surface area contributed by atoms with Gasteiger partial charge in [-0.1, -0.05) is 0 Å². The van der Waals surface area contributed by atoms with Crippen molar-refractivity contribution < 1.29 is 12.6 Å². The zero-order valence-electron chi connectivity index (χ0n) is 7.46. The van der Waals surface area contributed by atoms with Crippen molar-refractivity contribution in [1.82, 2.24) is 5.32 Å². The molecule has 0 amide bonds. The van der Waals surface area contributed by atoms with Gasteiger partial charge in [0.1, 0.15) is 6.04 Å². The van der Waals surface area contributed by atoms with Gasteiger partial charge in [0.05, 0.1) is 0 Å². The zero-order valence-corrected chi connectivity index (χ0v) is 6.28. The Hall–Kier alpha value is -0.220. The molecule has 1 heterocycles. The normalized spacial score (nSPS) is 33.0. The van der Waals surface area contributed by atoms with Gasteiger partial charge in [0.15, 0.2) is 0 Å². The molecule has 0 aromatic carbocycles. The van der Waals surface area contributed by atoms with Crippen LogP contribution < -0.4 is 5.32 Å². The Morgan fingerprint density at radius 3 is 3.10 bits per heavy atom. The van der Waals surface area contributed by atoms with E-state index < -0.39 is 16.8 Å². The molecule has 0 aromatic rings. The molecule has 3 nitrogen and oxygen atoms in total.